The number of halogens is 1. The fourth-order valence-electron chi connectivity index (χ4n) is 0.465. The predicted molar refractivity (Wildman–Crippen MR) is 47.2 cm³/mol. The van der Waals surface area contributed by atoms with Crippen LogP contribution in [0.15, 0.2) is 0 Å². The van der Waals surface area contributed by atoms with Crippen molar-refractivity contribution in [1.29, 1.82) is 0 Å². The summed E-state index contributed by atoms with van der Waals surface area (Å²) in [6.07, 6.45) is 1.01. The molecule has 0 radical (unpaired) electrons. The van der Waals surface area contributed by atoms with Crippen molar-refractivity contribution in [3.8, 4) is 0 Å². The number of hydrogen-bond donors (Lipinski definition) is 2. The van der Waals surface area contributed by atoms with E-state index in [9.17, 15) is 13.2 Å². The molecule has 0 spiro atoms. The fourth-order valence-corrected chi connectivity index (χ4v) is 1.15. The van der Waals surface area contributed by atoms with Crippen LogP contribution in [-0.4, -0.2) is 37.5 Å². The lowest BCUT2D eigenvalue weighted by molar-refractivity contribution is -0.138. The Kier molecular flexibility index (Phi) is 6.32. The summed E-state index contributed by atoms with van der Waals surface area (Å²) in [5.74, 6) is -1.35. The zero-order valence-electron chi connectivity index (χ0n) is 6.56. The number of carboxylic acids is 1. The first-order valence-electron chi connectivity index (χ1n) is 2.99. The summed E-state index contributed by atoms with van der Waals surface area (Å²) < 4.78 is 21.0. The number of hydrogen-bond acceptors (Lipinski definition) is 4. The van der Waals surface area contributed by atoms with E-state index in [2.05, 4.69) is 0 Å². The normalized spacial score (nSPS) is 13.2. The number of nitrogens with two attached hydrogens (primary N) is 1. The second kappa shape index (κ2) is 5.34. The van der Waals surface area contributed by atoms with Crippen LogP contribution in [0.5, 0.6) is 0 Å². The molecule has 0 heterocycles. The number of carbonyl (C=O) groups is 1. The topological polar surface area (TPSA) is 97.5 Å². The van der Waals surface area contributed by atoms with Gasteiger partial charge < -0.3 is 10.8 Å². The van der Waals surface area contributed by atoms with E-state index in [4.69, 9.17) is 10.8 Å². The van der Waals surface area contributed by atoms with E-state index < -0.39 is 21.8 Å². The molecule has 5 nitrogen and oxygen atoms in total. The van der Waals surface area contributed by atoms with Gasteiger partial charge in [-0.15, -0.1) is 12.4 Å². The van der Waals surface area contributed by atoms with Gasteiger partial charge >= 0.3 is 5.97 Å². The van der Waals surface area contributed by atoms with Crippen molar-refractivity contribution in [3.05, 3.63) is 0 Å². The fraction of sp³-hybridized carbons (Fsp3) is 0.800. The molecule has 0 aromatic rings. The number of rotatable bonds is 4. The molecule has 0 aliphatic rings. The highest BCUT2D eigenvalue weighted by atomic mass is 35.5. The van der Waals surface area contributed by atoms with Crippen molar-refractivity contribution >= 4 is 28.2 Å². The van der Waals surface area contributed by atoms with Crippen LogP contribution >= 0.6 is 12.4 Å². The average molecular weight is 218 g/mol. The van der Waals surface area contributed by atoms with Gasteiger partial charge in [0.15, 0.2) is 0 Å². The molecule has 0 aliphatic heterocycles. The minimum atomic E-state index is -3.10. The lowest BCUT2D eigenvalue weighted by Gasteiger charge is -2.03. The zero-order valence-corrected chi connectivity index (χ0v) is 8.19. The monoisotopic (exact) mass is 217 g/mol. The second-order valence-corrected chi connectivity index (χ2v) is 4.62. The first-order valence-corrected chi connectivity index (χ1v) is 5.05. The van der Waals surface area contributed by atoms with Crippen molar-refractivity contribution in [2.45, 2.75) is 12.5 Å². The van der Waals surface area contributed by atoms with Crippen LogP contribution in [0.2, 0.25) is 0 Å². The van der Waals surface area contributed by atoms with Crippen LogP contribution in [0, 0.1) is 0 Å². The Labute approximate surface area is 77.3 Å². The summed E-state index contributed by atoms with van der Waals surface area (Å²) in [6.45, 7) is 0. The summed E-state index contributed by atoms with van der Waals surface area (Å²) in [7, 11) is -3.10. The van der Waals surface area contributed by atoms with Gasteiger partial charge in [0, 0.05) is 6.26 Å². The van der Waals surface area contributed by atoms with E-state index in [1.54, 1.807) is 0 Å². The summed E-state index contributed by atoms with van der Waals surface area (Å²) in [5, 5.41) is 8.26. The third-order valence-corrected chi connectivity index (χ3v) is 2.09. The van der Waals surface area contributed by atoms with Crippen molar-refractivity contribution in [1.82, 2.24) is 0 Å². The number of sulfone groups is 1. The summed E-state index contributed by atoms with van der Waals surface area (Å²) in [6, 6.07) is -1.08. The SMILES string of the molecule is CS(=O)(=O)CC[C@@H](N)C(=O)O.Cl. The zero-order chi connectivity index (χ0) is 9.07. The van der Waals surface area contributed by atoms with Gasteiger partial charge in [-0.1, -0.05) is 0 Å². The maximum absolute atomic E-state index is 10.5. The Hall–Kier alpha value is -0.330. The molecule has 0 bridgehead atoms. The van der Waals surface area contributed by atoms with E-state index >= 15 is 0 Å². The summed E-state index contributed by atoms with van der Waals surface area (Å²) in [5.41, 5.74) is 5.06. The minimum Gasteiger partial charge on any atom is -0.480 e. The summed E-state index contributed by atoms with van der Waals surface area (Å²) in [4.78, 5) is 10.1. The molecule has 0 saturated carbocycles. The quantitative estimate of drug-likeness (QED) is 0.646. The van der Waals surface area contributed by atoms with E-state index in [0.717, 1.165) is 6.26 Å². The molecule has 0 saturated heterocycles. The van der Waals surface area contributed by atoms with E-state index in [-0.39, 0.29) is 24.6 Å². The third kappa shape index (κ3) is 7.77. The molecule has 3 N–H and O–H groups in total. The van der Waals surface area contributed by atoms with Crippen LogP contribution in [-0.2, 0) is 14.6 Å². The van der Waals surface area contributed by atoms with Crippen molar-refractivity contribution in [2.24, 2.45) is 5.73 Å². The highest BCUT2D eigenvalue weighted by molar-refractivity contribution is 7.90. The van der Waals surface area contributed by atoms with Crippen LogP contribution in [0.4, 0.5) is 0 Å². The third-order valence-electron chi connectivity index (χ3n) is 1.12. The first kappa shape index (κ1) is 14.2. The first-order chi connectivity index (χ1) is 4.83. The Morgan fingerprint density at radius 2 is 2.00 bits per heavy atom. The molecule has 0 aromatic heterocycles. The number of aliphatic carboxylic acids is 1. The lowest BCUT2D eigenvalue weighted by Crippen LogP contribution is -2.32. The molecule has 1 atom stereocenters. The van der Waals surface area contributed by atoms with Gasteiger partial charge in [-0.05, 0) is 6.42 Å². The van der Waals surface area contributed by atoms with Crippen LogP contribution < -0.4 is 5.73 Å². The van der Waals surface area contributed by atoms with Gasteiger partial charge in [-0.3, -0.25) is 4.79 Å². The average Bonchev–Trinajstić information content (AvgIpc) is 1.80. The van der Waals surface area contributed by atoms with Gasteiger partial charge in [0.2, 0.25) is 0 Å². The van der Waals surface area contributed by atoms with Crippen molar-refractivity contribution in [3.63, 3.8) is 0 Å². The van der Waals surface area contributed by atoms with Crippen molar-refractivity contribution in [2.75, 3.05) is 12.0 Å². The van der Waals surface area contributed by atoms with E-state index in [0.29, 0.717) is 0 Å². The van der Waals surface area contributed by atoms with Crippen molar-refractivity contribution < 1.29 is 18.3 Å². The smallest absolute Gasteiger partial charge is 0.320 e. The van der Waals surface area contributed by atoms with E-state index in [1.165, 1.54) is 0 Å². The van der Waals surface area contributed by atoms with Gasteiger partial charge in [-0.25, -0.2) is 8.42 Å². The second-order valence-electron chi connectivity index (χ2n) is 2.36. The Morgan fingerprint density at radius 1 is 1.58 bits per heavy atom. The van der Waals surface area contributed by atoms with Crippen LogP contribution in [0.3, 0.4) is 0 Å². The van der Waals surface area contributed by atoms with Crippen LogP contribution in [0.1, 0.15) is 6.42 Å². The molecular formula is C5H12ClNO4S. The van der Waals surface area contributed by atoms with Gasteiger partial charge in [0.25, 0.3) is 0 Å². The highest BCUT2D eigenvalue weighted by Gasteiger charge is 2.13. The van der Waals surface area contributed by atoms with Crippen LogP contribution in [0.25, 0.3) is 0 Å². The Balaban J connectivity index is 0. The standard InChI is InChI=1S/C5H11NO4S.ClH/c1-11(9,10)3-2-4(6)5(7)8;/h4H,2-3,6H2,1H3,(H,7,8);1H/t4-;/m1./s1. The number of carboxylic acid groups (broad SMARTS) is 1. The highest BCUT2D eigenvalue weighted by Crippen LogP contribution is 1.93. The minimum absolute atomic E-state index is 0. The molecule has 0 rings (SSSR count). The maximum Gasteiger partial charge on any atom is 0.320 e. The summed E-state index contributed by atoms with van der Waals surface area (Å²) >= 11 is 0. The molecule has 0 amide bonds. The molecule has 0 aliphatic carbocycles. The Morgan fingerprint density at radius 3 is 2.25 bits per heavy atom. The molecule has 0 fully saturated rings. The molecule has 0 aromatic carbocycles. The predicted octanol–water partition coefficient (Wildman–Crippen LogP) is -0.745. The van der Waals surface area contributed by atoms with E-state index in [1.807, 2.05) is 0 Å². The molecule has 12 heavy (non-hydrogen) atoms. The molecule has 74 valence electrons. The van der Waals surface area contributed by atoms with Gasteiger partial charge in [0.05, 0.1) is 5.75 Å². The largest absolute Gasteiger partial charge is 0.480 e. The lowest BCUT2D eigenvalue weighted by atomic mass is 10.2. The van der Waals surface area contributed by atoms with Gasteiger partial charge in [0.1, 0.15) is 15.9 Å². The Bertz CT molecular complexity index is 238. The molecule has 7 heteroatoms. The van der Waals surface area contributed by atoms with Gasteiger partial charge in [-0.2, -0.15) is 0 Å². The maximum atomic E-state index is 10.5. The molecule has 0 unspecified atom stereocenters. The molecular weight excluding hydrogens is 206 g/mol.